The van der Waals surface area contributed by atoms with Gasteiger partial charge in [-0.05, 0) is 37.0 Å². The Balaban J connectivity index is 1.49. The van der Waals surface area contributed by atoms with Crippen LogP contribution in [-0.4, -0.2) is 81.6 Å². The van der Waals surface area contributed by atoms with E-state index in [0.29, 0.717) is 73.8 Å². The van der Waals surface area contributed by atoms with Crippen molar-refractivity contribution in [3.63, 3.8) is 0 Å². The number of benzene rings is 1. The van der Waals surface area contributed by atoms with Crippen molar-refractivity contribution in [3.05, 3.63) is 35.1 Å². The van der Waals surface area contributed by atoms with Gasteiger partial charge in [-0.1, -0.05) is 11.6 Å². The standard InChI is InChI=1S/C23H26ClF2N7O3/c24-15-1-2-16-17(11-15)33(21(28-16)20(25)26)19-12-18(31-7-9-36-10-8-31)29-22(30-19)27-13-14-3-5-32(6-4-14)23(34)35/h1-2,11-12,14,20H,3-10,13H2,(H,34,35)(H,27,29,30). The lowest BCUT2D eigenvalue weighted by Gasteiger charge is -2.30. The van der Waals surface area contributed by atoms with E-state index in [1.165, 1.54) is 9.47 Å². The number of ether oxygens (including phenoxy) is 1. The maximum atomic E-state index is 14.0. The van der Waals surface area contributed by atoms with Gasteiger partial charge < -0.3 is 25.0 Å². The van der Waals surface area contributed by atoms with Crippen molar-refractivity contribution in [1.29, 1.82) is 0 Å². The molecule has 3 aromatic rings. The molecule has 2 saturated heterocycles. The van der Waals surface area contributed by atoms with Crippen LogP contribution >= 0.6 is 11.6 Å². The maximum Gasteiger partial charge on any atom is 0.407 e. The van der Waals surface area contributed by atoms with Crippen LogP contribution < -0.4 is 10.2 Å². The zero-order valence-corrected chi connectivity index (χ0v) is 20.2. The fourth-order valence-electron chi connectivity index (χ4n) is 4.59. The number of carboxylic acid groups (broad SMARTS) is 1. The molecule has 0 unspecified atom stereocenters. The van der Waals surface area contributed by atoms with Crippen LogP contribution in [0.3, 0.4) is 0 Å². The van der Waals surface area contributed by atoms with Gasteiger partial charge in [-0.2, -0.15) is 9.97 Å². The zero-order valence-electron chi connectivity index (χ0n) is 19.4. The molecule has 1 aromatic carbocycles. The number of imidazole rings is 1. The van der Waals surface area contributed by atoms with Crippen LogP contribution in [0.4, 0.5) is 25.3 Å². The number of anilines is 2. The summed E-state index contributed by atoms with van der Waals surface area (Å²) in [5.41, 5.74) is 0.817. The van der Waals surface area contributed by atoms with Crippen LogP contribution in [0.5, 0.6) is 0 Å². The Bertz CT molecular complexity index is 1240. The van der Waals surface area contributed by atoms with Gasteiger partial charge in [0.1, 0.15) is 11.6 Å². The lowest BCUT2D eigenvalue weighted by Crippen LogP contribution is -2.39. The molecule has 0 aliphatic carbocycles. The van der Waals surface area contributed by atoms with E-state index in [-0.39, 0.29) is 11.7 Å². The van der Waals surface area contributed by atoms with E-state index in [0.717, 1.165) is 12.8 Å². The van der Waals surface area contributed by atoms with Crippen molar-refractivity contribution >= 4 is 40.5 Å². The van der Waals surface area contributed by atoms with Gasteiger partial charge in [0.25, 0.3) is 6.43 Å². The highest BCUT2D eigenvalue weighted by Crippen LogP contribution is 2.31. The lowest BCUT2D eigenvalue weighted by atomic mass is 9.97. The number of halogens is 3. The summed E-state index contributed by atoms with van der Waals surface area (Å²) in [6.45, 7) is 3.79. The Morgan fingerprint density at radius 2 is 1.83 bits per heavy atom. The molecule has 192 valence electrons. The summed E-state index contributed by atoms with van der Waals surface area (Å²) in [4.78, 5) is 28.0. The van der Waals surface area contributed by atoms with E-state index in [4.69, 9.17) is 21.4 Å². The summed E-state index contributed by atoms with van der Waals surface area (Å²) in [6, 6.07) is 6.48. The predicted molar refractivity (Wildman–Crippen MR) is 130 cm³/mol. The first-order valence-corrected chi connectivity index (χ1v) is 12.2. The molecule has 13 heteroatoms. The third kappa shape index (κ3) is 5.14. The smallest absolute Gasteiger partial charge is 0.407 e. The number of amides is 1. The number of likely N-dealkylation sites (tertiary alicyclic amines) is 1. The van der Waals surface area contributed by atoms with E-state index in [1.54, 1.807) is 24.3 Å². The molecule has 1 amide bonds. The normalized spacial score (nSPS) is 17.2. The second-order valence-electron chi connectivity index (χ2n) is 8.84. The van der Waals surface area contributed by atoms with Crippen LogP contribution in [-0.2, 0) is 4.74 Å². The van der Waals surface area contributed by atoms with Crippen LogP contribution in [0.1, 0.15) is 25.1 Å². The highest BCUT2D eigenvalue weighted by atomic mass is 35.5. The fraction of sp³-hybridized carbons (Fsp3) is 0.478. The number of rotatable bonds is 6. The third-order valence-corrected chi connectivity index (χ3v) is 6.77. The molecule has 10 nitrogen and oxygen atoms in total. The van der Waals surface area contributed by atoms with E-state index < -0.39 is 18.3 Å². The summed E-state index contributed by atoms with van der Waals surface area (Å²) < 4.78 is 34.9. The number of alkyl halides is 2. The van der Waals surface area contributed by atoms with E-state index >= 15 is 0 Å². The van der Waals surface area contributed by atoms with Gasteiger partial charge in [-0.25, -0.2) is 18.6 Å². The highest BCUT2D eigenvalue weighted by Gasteiger charge is 2.25. The summed E-state index contributed by atoms with van der Waals surface area (Å²) >= 11 is 6.18. The lowest BCUT2D eigenvalue weighted by molar-refractivity contribution is 0.122. The number of hydrogen-bond acceptors (Lipinski definition) is 7. The molecule has 2 aromatic heterocycles. The van der Waals surface area contributed by atoms with Gasteiger partial charge in [0.05, 0.1) is 24.2 Å². The Hall–Kier alpha value is -3.25. The van der Waals surface area contributed by atoms with Crippen molar-refractivity contribution in [3.8, 4) is 5.82 Å². The van der Waals surface area contributed by atoms with E-state index in [2.05, 4.69) is 20.3 Å². The Morgan fingerprint density at radius 1 is 1.11 bits per heavy atom. The van der Waals surface area contributed by atoms with Crippen molar-refractivity contribution in [1.82, 2.24) is 24.4 Å². The molecule has 2 aliphatic rings. The Morgan fingerprint density at radius 3 is 2.53 bits per heavy atom. The van der Waals surface area contributed by atoms with Crippen molar-refractivity contribution < 1.29 is 23.4 Å². The quantitative estimate of drug-likeness (QED) is 0.500. The van der Waals surface area contributed by atoms with Crippen LogP contribution in [0.2, 0.25) is 5.02 Å². The number of piperidine rings is 1. The minimum atomic E-state index is -2.83. The predicted octanol–water partition coefficient (Wildman–Crippen LogP) is 4.05. The van der Waals surface area contributed by atoms with Gasteiger partial charge in [-0.15, -0.1) is 0 Å². The number of morpholine rings is 1. The molecule has 36 heavy (non-hydrogen) atoms. The highest BCUT2D eigenvalue weighted by molar-refractivity contribution is 6.31. The second-order valence-corrected chi connectivity index (χ2v) is 9.28. The van der Waals surface area contributed by atoms with E-state index in [9.17, 15) is 13.6 Å². The van der Waals surface area contributed by atoms with Gasteiger partial charge in [0.15, 0.2) is 5.82 Å². The first kappa shape index (κ1) is 24.4. The van der Waals surface area contributed by atoms with Crippen molar-refractivity contribution in [2.45, 2.75) is 19.3 Å². The molecular formula is C23H26ClF2N7O3. The van der Waals surface area contributed by atoms with Crippen LogP contribution in [0.25, 0.3) is 16.9 Å². The van der Waals surface area contributed by atoms with Gasteiger partial charge in [0, 0.05) is 43.8 Å². The minimum absolute atomic E-state index is 0.240. The summed E-state index contributed by atoms with van der Waals surface area (Å²) in [5, 5.41) is 12.8. The molecule has 0 saturated carbocycles. The van der Waals surface area contributed by atoms with Crippen molar-refractivity contribution in [2.75, 3.05) is 56.2 Å². The molecule has 2 N–H and O–H groups in total. The number of aromatic nitrogens is 4. The molecule has 0 radical (unpaired) electrons. The van der Waals surface area contributed by atoms with Crippen molar-refractivity contribution in [2.24, 2.45) is 5.92 Å². The summed E-state index contributed by atoms with van der Waals surface area (Å²) in [7, 11) is 0. The molecule has 0 atom stereocenters. The second kappa shape index (κ2) is 10.4. The number of nitrogens with one attached hydrogen (secondary N) is 1. The summed E-state index contributed by atoms with van der Waals surface area (Å²) in [6.07, 6.45) is -2.30. The molecule has 5 rings (SSSR count). The zero-order chi connectivity index (χ0) is 25.2. The number of carbonyl (C=O) groups is 1. The molecular weight excluding hydrogens is 496 g/mol. The van der Waals surface area contributed by atoms with Gasteiger partial charge in [-0.3, -0.25) is 4.57 Å². The number of nitrogens with zero attached hydrogens (tertiary/aromatic N) is 6. The molecule has 2 fully saturated rings. The number of fused-ring (bicyclic) bond motifs is 1. The molecule has 2 aliphatic heterocycles. The van der Waals surface area contributed by atoms with Gasteiger partial charge >= 0.3 is 6.09 Å². The first-order chi connectivity index (χ1) is 17.4. The topological polar surface area (TPSA) is 109 Å². The third-order valence-electron chi connectivity index (χ3n) is 6.53. The van der Waals surface area contributed by atoms with E-state index in [1.807, 2.05) is 4.90 Å². The average molecular weight is 522 g/mol. The Labute approximate surface area is 210 Å². The minimum Gasteiger partial charge on any atom is -0.465 e. The maximum absolute atomic E-state index is 14.0. The largest absolute Gasteiger partial charge is 0.465 e. The molecule has 0 spiro atoms. The van der Waals surface area contributed by atoms with Gasteiger partial charge in [0.2, 0.25) is 5.95 Å². The monoisotopic (exact) mass is 521 g/mol. The fourth-order valence-corrected chi connectivity index (χ4v) is 4.75. The number of hydrogen-bond donors (Lipinski definition) is 2. The summed E-state index contributed by atoms with van der Waals surface area (Å²) in [5.74, 6) is 0.971. The Kier molecular flexibility index (Phi) is 7.06. The first-order valence-electron chi connectivity index (χ1n) is 11.8. The molecule has 4 heterocycles. The molecule has 0 bridgehead atoms. The SMILES string of the molecule is O=C(O)N1CCC(CNc2nc(N3CCOCC3)cc(-n3c(C(F)F)nc4ccc(Cl)cc43)n2)CC1. The average Bonchev–Trinajstić information content (AvgIpc) is 3.27. The van der Waals surface area contributed by atoms with Crippen LogP contribution in [0, 0.1) is 5.92 Å². The van der Waals surface area contributed by atoms with Crippen LogP contribution in [0.15, 0.2) is 24.3 Å².